The summed E-state index contributed by atoms with van der Waals surface area (Å²) in [5.41, 5.74) is 1.57. The molecule has 0 saturated heterocycles. The number of Topliss-reactive ketones (excluding diaryl/α,β-unsaturated/α-hetero) is 2. The Morgan fingerprint density at radius 2 is 1.15 bits per heavy atom. The van der Waals surface area contributed by atoms with Crippen LogP contribution in [0.15, 0.2) is 96.4 Å². The van der Waals surface area contributed by atoms with Crippen LogP contribution < -0.4 is 10.1 Å². The van der Waals surface area contributed by atoms with E-state index < -0.39 is 0 Å². The van der Waals surface area contributed by atoms with E-state index in [-0.39, 0.29) is 23.0 Å². The molecule has 1 aliphatic rings. The van der Waals surface area contributed by atoms with E-state index in [2.05, 4.69) is 5.32 Å². The third kappa shape index (κ3) is 2.89. The van der Waals surface area contributed by atoms with E-state index in [1.807, 2.05) is 48.5 Å². The van der Waals surface area contributed by atoms with Crippen molar-refractivity contribution in [3.63, 3.8) is 0 Å². The number of ether oxygens (including phenoxy) is 1. The molecule has 0 saturated carbocycles. The Morgan fingerprint density at radius 1 is 0.615 bits per heavy atom. The van der Waals surface area contributed by atoms with Crippen molar-refractivity contribution in [2.24, 2.45) is 0 Å². The lowest BCUT2D eigenvalue weighted by Gasteiger charge is -2.22. The summed E-state index contributed by atoms with van der Waals surface area (Å²) in [4.78, 5) is 26.0. The molecule has 3 aromatic rings. The smallest absolute Gasteiger partial charge is 0.231 e. The predicted molar refractivity (Wildman–Crippen MR) is 99.3 cm³/mol. The molecule has 0 atom stereocenters. The van der Waals surface area contributed by atoms with E-state index in [1.165, 1.54) is 0 Å². The molecule has 1 N–H and O–H groups in total. The summed E-state index contributed by atoms with van der Waals surface area (Å²) in [5.74, 6) is -0.0865. The number of hydrogen-bond acceptors (Lipinski definition) is 4. The van der Waals surface area contributed by atoms with Crippen LogP contribution in [-0.2, 0) is 0 Å². The summed E-state index contributed by atoms with van der Waals surface area (Å²) in [5, 5.41) is 3.06. The number of fused-ring (bicyclic) bond motifs is 1. The molecule has 0 fully saturated rings. The molecule has 3 aromatic carbocycles. The topological polar surface area (TPSA) is 55.4 Å². The van der Waals surface area contributed by atoms with Gasteiger partial charge in [-0.05, 0) is 24.3 Å². The first-order valence-corrected chi connectivity index (χ1v) is 8.22. The number of carbonyl (C=O) groups is 2. The van der Waals surface area contributed by atoms with Crippen LogP contribution in [0.4, 0.5) is 5.69 Å². The average molecular weight is 341 g/mol. The standard InChI is InChI=1S/C22H15NO3/c24-20-17-13-7-8-14-18(17)21(25)22(26-16-11-5-2-6-12-16)19(20)23-15-9-3-1-4-10-15/h1-14,23H. The number of benzene rings is 3. The van der Waals surface area contributed by atoms with Crippen molar-refractivity contribution in [1.29, 1.82) is 0 Å². The fourth-order valence-corrected chi connectivity index (χ4v) is 2.84. The van der Waals surface area contributed by atoms with Gasteiger partial charge >= 0.3 is 0 Å². The summed E-state index contributed by atoms with van der Waals surface area (Å²) in [6.45, 7) is 0. The van der Waals surface area contributed by atoms with Crippen molar-refractivity contribution in [3.05, 3.63) is 108 Å². The summed E-state index contributed by atoms with van der Waals surface area (Å²) < 4.78 is 5.83. The van der Waals surface area contributed by atoms with E-state index in [4.69, 9.17) is 4.74 Å². The van der Waals surface area contributed by atoms with Crippen LogP contribution in [0.5, 0.6) is 5.75 Å². The highest BCUT2D eigenvalue weighted by atomic mass is 16.5. The van der Waals surface area contributed by atoms with Gasteiger partial charge in [0.05, 0.1) is 0 Å². The van der Waals surface area contributed by atoms with Gasteiger partial charge < -0.3 is 10.1 Å². The van der Waals surface area contributed by atoms with Gasteiger partial charge in [0.25, 0.3) is 0 Å². The Hall–Kier alpha value is -3.66. The molecule has 0 radical (unpaired) electrons. The Kier molecular flexibility index (Phi) is 4.07. The van der Waals surface area contributed by atoms with Crippen molar-refractivity contribution in [2.45, 2.75) is 0 Å². The summed E-state index contributed by atoms with van der Waals surface area (Å²) in [6.07, 6.45) is 0. The fraction of sp³-hybridized carbons (Fsp3) is 0. The van der Waals surface area contributed by atoms with E-state index in [0.29, 0.717) is 22.6 Å². The highest BCUT2D eigenvalue weighted by Gasteiger charge is 2.34. The van der Waals surface area contributed by atoms with Gasteiger partial charge in [0, 0.05) is 16.8 Å². The van der Waals surface area contributed by atoms with Gasteiger partial charge in [-0.2, -0.15) is 0 Å². The van der Waals surface area contributed by atoms with Gasteiger partial charge in [0.15, 0.2) is 0 Å². The minimum absolute atomic E-state index is 0.00348. The van der Waals surface area contributed by atoms with Crippen LogP contribution in [-0.4, -0.2) is 11.6 Å². The average Bonchev–Trinajstić information content (AvgIpc) is 2.70. The molecule has 0 spiro atoms. The van der Waals surface area contributed by atoms with Gasteiger partial charge in [0.2, 0.25) is 17.3 Å². The van der Waals surface area contributed by atoms with E-state index in [9.17, 15) is 9.59 Å². The highest BCUT2D eigenvalue weighted by Crippen LogP contribution is 2.29. The quantitative estimate of drug-likeness (QED) is 0.761. The third-order valence-corrected chi connectivity index (χ3v) is 4.08. The number of hydrogen-bond donors (Lipinski definition) is 1. The lowest BCUT2D eigenvalue weighted by molar-refractivity contribution is 0.0938. The zero-order valence-corrected chi connectivity index (χ0v) is 13.8. The van der Waals surface area contributed by atoms with Gasteiger partial charge in [-0.25, -0.2) is 0 Å². The Labute approximate surface area is 150 Å². The number of carbonyl (C=O) groups excluding carboxylic acids is 2. The number of ketones is 2. The summed E-state index contributed by atoms with van der Waals surface area (Å²) in [6, 6.07) is 25.0. The molecule has 126 valence electrons. The zero-order chi connectivity index (χ0) is 17.9. The molecule has 26 heavy (non-hydrogen) atoms. The Balaban J connectivity index is 1.82. The van der Waals surface area contributed by atoms with Crippen molar-refractivity contribution < 1.29 is 14.3 Å². The van der Waals surface area contributed by atoms with Crippen LogP contribution in [0.1, 0.15) is 20.7 Å². The molecule has 0 aliphatic heterocycles. The van der Waals surface area contributed by atoms with Crippen LogP contribution >= 0.6 is 0 Å². The largest absolute Gasteiger partial charge is 0.451 e. The first kappa shape index (κ1) is 15.8. The normalized spacial score (nSPS) is 13.4. The van der Waals surface area contributed by atoms with Crippen LogP contribution in [0.25, 0.3) is 0 Å². The first-order valence-electron chi connectivity index (χ1n) is 8.22. The molecule has 0 unspecified atom stereocenters. The third-order valence-electron chi connectivity index (χ3n) is 4.08. The van der Waals surface area contributed by atoms with Gasteiger partial charge in [-0.1, -0.05) is 60.7 Å². The van der Waals surface area contributed by atoms with E-state index >= 15 is 0 Å². The molecular formula is C22H15NO3. The fourth-order valence-electron chi connectivity index (χ4n) is 2.84. The van der Waals surface area contributed by atoms with Crippen molar-refractivity contribution in [2.75, 3.05) is 5.32 Å². The lowest BCUT2D eigenvalue weighted by Crippen LogP contribution is -2.28. The van der Waals surface area contributed by atoms with Gasteiger partial charge in [-0.15, -0.1) is 0 Å². The highest BCUT2D eigenvalue weighted by molar-refractivity contribution is 6.27. The molecule has 4 heteroatoms. The van der Waals surface area contributed by atoms with Crippen molar-refractivity contribution in [1.82, 2.24) is 0 Å². The number of anilines is 1. The maximum atomic E-state index is 13.0. The molecule has 1 aliphatic carbocycles. The lowest BCUT2D eigenvalue weighted by atomic mass is 9.91. The van der Waals surface area contributed by atoms with Crippen molar-refractivity contribution in [3.8, 4) is 5.75 Å². The maximum Gasteiger partial charge on any atom is 0.231 e. The minimum atomic E-state index is -0.317. The molecule has 0 heterocycles. The van der Waals surface area contributed by atoms with Gasteiger partial charge in [-0.3, -0.25) is 9.59 Å². The Bertz CT molecular complexity index is 925. The molecular weight excluding hydrogens is 326 g/mol. The second-order valence-electron chi connectivity index (χ2n) is 5.81. The van der Waals surface area contributed by atoms with Crippen molar-refractivity contribution >= 4 is 17.3 Å². The second-order valence-corrected chi connectivity index (χ2v) is 5.81. The van der Waals surface area contributed by atoms with Gasteiger partial charge in [0.1, 0.15) is 11.4 Å². The number of para-hydroxylation sites is 2. The molecule has 4 nitrogen and oxygen atoms in total. The monoisotopic (exact) mass is 341 g/mol. The molecule has 0 amide bonds. The Morgan fingerprint density at radius 3 is 1.81 bits per heavy atom. The number of rotatable bonds is 4. The van der Waals surface area contributed by atoms with E-state index in [0.717, 1.165) is 0 Å². The summed E-state index contributed by atoms with van der Waals surface area (Å²) in [7, 11) is 0. The maximum absolute atomic E-state index is 13.0. The van der Waals surface area contributed by atoms with Crippen LogP contribution in [0, 0.1) is 0 Å². The first-order chi connectivity index (χ1) is 12.7. The predicted octanol–water partition coefficient (Wildman–Crippen LogP) is 4.47. The second kappa shape index (κ2) is 6.69. The SMILES string of the molecule is O=C1C(Nc2ccccc2)=C(Oc2ccccc2)C(=O)c2ccccc21. The van der Waals surface area contributed by atoms with Crippen LogP contribution in [0.2, 0.25) is 0 Å². The summed E-state index contributed by atoms with van der Waals surface area (Å²) >= 11 is 0. The zero-order valence-electron chi connectivity index (χ0n) is 13.8. The van der Waals surface area contributed by atoms with E-state index in [1.54, 1.807) is 36.4 Å². The number of allylic oxidation sites excluding steroid dienone is 2. The molecule has 0 bridgehead atoms. The molecule has 4 rings (SSSR count). The minimum Gasteiger partial charge on any atom is -0.451 e. The number of nitrogens with one attached hydrogen (secondary N) is 1. The van der Waals surface area contributed by atoms with Crippen LogP contribution in [0.3, 0.4) is 0 Å². The molecule has 0 aromatic heterocycles.